The summed E-state index contributed by atoms with van der Waals surface area (Å²) >= 11 is 0. The molecule has 0 bridgehead atoms. The lowest BCUT2D eigenvalue weighted by molar-refractivity contribution is -0.385. The molecule has 0 aliphatic carbocycles. The molecule has 0 saturated carbocycles. The number of aromatic amines is 1. The predicted octanol–water partition coefficient (Wildman–Crippen LogP) is 1.43. The van der Waals surface area contributed by atoms with Crippen molar-refractivity contribution in [3.05, 3.63) is 46.1 Å². The van der Waals surface area contributed by atoms with E-state index >= 15 is 0 Å². The van der Waals surface area contributed by atoms with E-state index in [9.17, 15) is 18.5 Å². The normalized spacial score (nSPS) is 11.2. The van der Waals surface area contributed by atoms with Gasteiger partial charge in [-0.3, -0.25) is 19.9 Å². The molecule has 19 heavy (non-hydrogen) atoms. The molecule has 8 nitrogen and oxygen atoms in total. The third-order valence-corrected chi connectivity index (χ3v) is 3.64. The maximum Gasteiger partial charge on any atom is 0.270 e. The van der Waals surface area contributed by atoms with E-state index < -0.39 is 14.9 Å². The van der Waals surface area contributed by atoms with Crippen molar-refractivity contribution in [1.82, 2.24) is 10.2 Å². The number of nitrogens with one attached hydrogen (secondary N) is 2. The van der Waals surface area contributed by atoms with E-state index in [1.807, 2.05) is 0 Å². The first-order valence-electron chi connectivity index (χ1n) is 5.18. The van der Waals surface area contributed by atoms with Crippen LogP contribution in [0.3, 0.4) is 0 Å². The van der Waals surface area contributed by atoms with Gasteiger partial charge in [0.25, 0.3) is 15.7 Å². The zero-order valence-electron chi connectivity index (χ0n) is 9.82. The van der Waals surface area contributed by atoms with Crippen LogP contribution in [0.4, 0.5) is 11.5 Å². The summed E-state index contributed by atoms with van der Waals surface area (Å²) in [5.41, 5.74) is 0.401. The molecule has 9 heteroatoms. The molecule has 2 N–H and O–H groups in total. The monoisotopic (exact) mass is 282 g/mol. The van der Waals surface area contributed by atoms with Crippen molar-refractivity contribution in [1.29, 1.82) is 0 Å². The number of hydrogen-bond donors (Lipinski definition) is 2. The molecule has 1 aromatic carbocycles. The van der Waals surface area contributed by atoms with E-state index in [4.69, 9.17) is 0 Å². The van der Waals surface area contributed by atoms with Crippen molar-refractivity contribution in [3.63, 3.8) is 0 Å². The Balaban J connectivity index is 2.34. The molecule has 2 aromatic rings. The number of aromatic nitrogens is 2. The number of sulfonamides is 1. The molecule has 0 saturated heterocycles. The summed E-state index contributed by atoms with van der Waals surface area (Å²) in [5, 5.41) is 16.9. The average molecular weight is 282 g/mol. The van der Waals surface area contributed by atoms with Crippen LogP contribution in [0.25, 0.3) is 0 Å². The first-order valence-corrected chi connectivity index (χ1v) is 6.66. The van der Waals surface area contributed by atoms with Crippen LogP contribution in [0, 0.1) is 17.0 Å². The van der Waals surface area contributed by atoms with Gasteiger partial charge in [-0.25, -0.2) is 8.42 Å². The van der Waals surface area contributed by atoms with Gasteiger partial charge in [0.05, 0.1) is 9.82 Å². The smallest absolute Gasteiger partial charge is 0.270 e. The lowest BCUT2D eigenvalue weighted by atomic mass is 10.3. The fourth-order valence-electron chi connectivity index (χ4n) is 1.43. The molecule has 0 radical (unpaired) electrons. The Morgan fingerprint density at radius 1 is 1.37 bits per heavy atom. The predicted molar refractivity (Wildman–Crippen MR) is 67.2 cm³/mol. The second-order valence-corrected chi connectivity index (χ2v) is 5.48. The van der Waals surface area contributed by atoms with Gasteiger partial charge < -0.3 is 0 Å². The second kappa shape index (κ2) is 4.69. The van der Waals surface area contributed by atoms with Gasteiger partial charge in [-0.2, -0.15) is 5.10 Å². The molecule has 0 unspecified atom stereocenters. The van der Waals surface area contributed by atoms with E-state index in [-0.39, 0.29) is 16.4 Å². The number of nitrogens with zero attached hydrogens (tertiary/aromatic N) is 2. The minimum atomic E-state index is -3.89. The highest BCUT2D eigenvalue weighted by atomic mass is 32.2. The Morgan fingerprint density at radius 3 is 2.68 bits per heavy atom. The lowest BCUT2D eigenvalue weighted by Crippen LogP contribution is -2.13. The molecule has 0 aliphatic heterocycles. The minimum Gasteiger partial charge on any atom is -0.281 e. The van der Waals surface area contributed by atoms with E-state index in [2.05, 4.69) is 14.9 Å². The van der Waals surface area contributed by atoms with Crippen molar-refractivity contribution >= 4 is 21.5 Å². The van der Waals surface area contributed by atoms with Gasteiger partial charge in [-0.15, -0.1) is 0 Å². The second-order valence-electron chi connectivity index (χ2n) is 3.80. The Kier molecular flexibility index (Phi) is 3.21. The molecule has 2 rings (SSSR count). The number of nitro groups is 1. The number of anilines is 1. The Labute approximate surface area is 108 Å². The zero-order valence-corrected chi connectivity index (χ0v) is 10.6. The summed E-state index contributed by atoms with van der Waals surface area (Å²) < 4.78 is 26.2. The highest BCUT2D eigenvalue weighted by molar-refractivity contribution is 7.92. The quantitative estimate of drug-likeness (QED) is 0.649. The number of H-pyrrole nitrogens is 1. The number of nitro benzene ring substituents is 1. The van der Waals surface area contributed by atoms with Gasteiger partial charge in [0.2, 0.25) is 0 Å². The van der Waals surface area contributed by atoms with E-state index in [0.717, 1.165) is 6.07 Å². The summed E-state index contributed by atoms with van der Waals surface area (Å²) in [6.45, 7) is 1.72. The topological polar surface area (TPSA) is 118 Å². The number of hydrogen-bond acceptors (Lipinski definition) is 5. The van der Waals surface area contributed by atoms with E-state index in [1.54, 1.807) is 6.92 Å². The Morgan fingerprint density at radius 2 is 2.11 bits per heavy atom. The average Bonchev–Trinajstić information content (AvgIpc) is 2.74. The first kappa shape index (κ1) is 13.0. The lowest BCUT2D eigenvalue weighted by Gasteiger charge is -2.04. The van der Waals surface area contributed by atoms with Crippen molar-refractivity contribution in [2.45, 2.75) is 11.8 Å². The van der Waals surface area contributed by atoms with Gasteiger partial charge in [-0.05, 0) is 13.0 Å². The summed E-state index contributed by atoms with van der Waals surface area (Å²) in [7, 11) is -3.89. The third-order valence-electron chi connectivity index (χ3n) is 2.28. The molecule has 0 amide bonds. The number of rotatable bonds is 4. The van der Waals surface area contributed by atoms with Gasteiger partial charge >= 0.3 is 0 Å². The molecule has 100 valence electrons. The summed E-state index contributed by atoms with van der Waals surface area (Å²) in [6.07, 6.45) is 0. The standard InChI is InChI=1S/C10H10N4O4S/c1-7-5-10(12-11-7)13-19(17,18)9-4-2-3-8(6-9)14(15)16/h2-6H,1H3,(H2,11,12,13). The summed E-state index contributed by atoms with van der Waals surface area (Å²) in [6, 6.07) is 6.30. The van der Waals surface area contributed by atoms with Crippen LogP contribution in [0.5, 0.6) is 0 Å². The van der Waals surface area contributed by atoms with Crippen molar-refractivity contribution in [2.24, 2.45) is 0 Å². The van der Waals surface area contributed by atoms with E-state index in [1.165, 1.54) is 24.3 Å². The van der Waals surface area contributed by atoms with Crippen LogP contribution in [-0.2, 0) is 10.0 Å². The Bertz CT molecular complexity index is 723. The van der Waals surface area contributed by atoms with Crippen LogP contribution < -0.4 is 4.72 Å². The maximum atomic E-state index is 12.0. The van der Waals surface area contributed by atoms with Crippen LogP contribution in [0.2, 0.25) is 0 Å². The van der Waals surface area contributed by atoms with Crippen LogP contribution in [-0.4, -0.2) is 23.5 Å². The van der Waals surface area contributed by atoms with Crippen molar-refractivity contribution < 1.29 is 13.3 Å². The minimum absolute atomic E-state index is 0.129. The van der Waals surface area contributed by atoms with Gasteiger partial charge in [0.15, 0.2) is 5.82 Å². The molecule has 0 spiro atoms. The molecular weight excluding hydrogens is 272 g/mol. The van der Waals surface area contributed by atoms with E-state index in [0.29, 0.717) is 5.69 Å². The van der Waals surface area contributed by atoms with Crippen molar-refractivity contribution in [3.8, 4) is 0 Å². The third kappa shape index (κ3) is 2.88. The molecule has 1 aromatic heterocycles. The molecule has 0 aliphatic rings. The van der Waals surface area contributed by atoms with Crippen LogP contribution in [0.15, 0.2) is 35.2 Å². The van der Waals surface area contributed by atoms with Crippen LogP contribution >= 0.6 is 0 Å². The maximum absolute atomic E-state index is 12.0. The highest BCUT2D eigenvalue weighted by Crippen LogP contribution is 2.19. The zero-order chi connectivity index (χ0) is 14.0. The summed E-state index contributed by atoms with van der Waals surface area (Å²) in [4.78, 5) is 9.77. The molecule has 0 fully saturated rings. The largest absolute Gasteiger partial charge is 0.281 e. The van der Waals surface area contributed by atoms with Gasteiger partial charge in [-0.1, -0.05) is 6.07 Å². The van der Waals surface area contributed by atoms with Crippen molar-refractivity contribution in [2.75, 3.05) is 4.72 Å². The fourth-order valence-corrected chi connectivity index (χ4v) is 2.46. The molecular formula is C10H10N4O4S. The SMILES string of the molecule is Cc1cc(NS(=O)(=O)c2cccc([N+](=O)[O-])c2)n[nH]1. The fraction of sp³-hybridized carbons (Fsp3) is 0.100. The van der Waals surface area contributed by atoms with Crippen LogP contribution in [0.1, 0.15) is 5.69 Å². The number of non-ortho nitro benzene ring substituents is 1. The molecule has 0 atom stereocenters. The number of aryl methyl sites for hydroxylation is 1. The first-order chi connectivity index (χ1) is 8.88. The van der Waals surface area contributed by atoms with Gasteiger partial charge in [0.1, 0.15) is 0 Å². The number of benzene rings is 1. The van der Waals surface area contributed by atoms with Gasteiger partial charge in [0, 0.05) is 23.9 Å². The Hall–Kier alpha value is -2.42. The highest BCUT2D eigenvalue weighted by Gasteiger charge is 2.18. The molecule has 1 heterocycles. The summed E-state index contributed by atoms with van der Waals surface area (Å²) in [5.74, 6) is 0.129.